The van der Waals surface area contributed by atoms with Gasteiger partial charge in [0, 0.05) is 5.56 Å². The minimum absolute atomic E-state index is 0.121. The molecule has 1 aromatic heterocycles. The summed E-state index contributed by atoms with van der Waals surface area (Å²) >= 11 is 3.48. The Balaban J connectivity index is 2.06. The molecule has 1 unspecified atom stereocenters. The van der Waals surface area contributed by atoms with Gasteiger partial charge in [-0.25, -0.2) is 4.68 Å². The molecule has 0 aliphatic heterocycles. The normalized spacial score (nSPS) is 12.2. The lowest BCUT2D eigenvalue weighted by Gasteiger charge is -2.16. The molecule has 3 nitrogen and oxygen atoms in total. The van der Waals surface area contributed by atoms with E-state index in [1.54, 1.807) is 6.20 Å². The summed E-state index contributed by atoms with van der Waals surface area (Å²) in [5, 5.41) is 4.42. The molecule has 24 heavy (non-hydrogen) atoms. The number of aryl methyl sites for hydroxylation is 2. The second kappa shape index (κ2) is 6.73. The van der Waals surface area contributed by atoms with Gasteiger partial charge in [-0.05, 0) is 59.0 Å². The summed E-state index contributed by atoms with van der Waals surface area (Å²) in [6.45, 7) is 6.12. The lowest BCUT2D eigenvalue weighted by atomic mass is 10.0. The molecule has 0 spiro atoms. The van der Waals surface area contributed by atoms with Crippen LogP contribution in [0.2, 0.25) is 0 Å². The van der Waals surface area contributed by atoms with Gasteiger partial charge in [-0.1, -0.05) is 48.5 Å². The Morgan fingerprint density at radius 2 is 1.75 bits per heavy atom. The Hall–Kier alpha value is -2.20. The summed E-state index contributed by atoms with van der Waals surface area (Å²) in [6, 6.07) is 16.0. The third-order valence-corrected chi connectivity index (χ3v) is 5.18. The summed E-state index contributed by atoms with van der Waals surface area (Å²) in [4.78, 5) is 12.8. The smallest absolute Gasteiger partial charge is 0.266 e. The topological polar surface area (TPSA) is 34.9 Å². The van der Waals surface area contributed by atoms with Gasteiger partial charge in [0.2, 0.25) is 0 Å². The average molecular weight is 383 g/mol. The van der Waals surface area contributed by atoms with E-state index in [0.29, 0.717) is 4.47 Å². The molecule has 0 fully saturated rings. The van der Waals surface area contributed by atoms with E-state index in [4.69, 9.17) is 0 Å². The molecule has 122 valence electrons. The van der Waals surface area contributed by atoms with E-state index in [1.807, 2.05) is 43.3 Å². The first kappa shape index (κ1) is 16.7. The molecule has 1 heterocycles. The van der Waals surface area contributed by atoms with Gasteiger partial charge in [0.1, 0.15) is 0 Å². The molecule has 0 radical (unpaired) electrons. The van der Waals surface area contributed by atoms with Crippen molar-refractivity contribution >= 4 is 15.9 Å². The summed E-state index contributed by atoms with van der Waals surface area (Å²) in [6.07, 6.45) is 1.76. The van der Waals surface area contributed by atoms with Crippen molar-refractivity contribution in [1.29, 1.82) is 0 Å². The van der Waals surface area contributed by atoms with E-state index in [9.17, 15) is 4.79 Å². The molecule has 3 aromatic rings. The summed E-state index contributed by atoms with van der Waals surface area (Å²) in [7, 11) is 0. The zero-order chi connectivity index (χ0) is 17.3. The van der Waals surface area contributed by atoms with Crippen LogP contribution in [0, 0.1) is 13.8 Å². The Morgan fingerprint density at radius 3 is 2.42 bits per heavy atom. The van der Waals surface area contributed by atoms with Crippen molar-refractivity contribution in [2.24, 2.45) is 0 Å². The van der Waals surface area contributed by atoms with E-state index >= 15 is 0 Å². The van der Waals surface area contributed by atoms with Crippen molar-refractivity contribution in [1.82, 2.24) is 9.78 Å². The van der Waals surface area contributed by atoms with E-state index in [1.165, 1.54) is 15.8 Å². The van der Waals surface area contributed by atoms with Crippen LogP contribution in [-0.4, -0.2) is 9.78 Å². The third-order valence-electron chi connectivity index (χ3n) is 4.41. The minimum atomic E-state index is -0.123. The first-order chi connectivity index (χ1) is 11.5. The molecular formula is C20H19BrN2O. The first-order valence-electron chi connectivity index (χ1n) is 7.89. The maximum Gasteiger partial charge on any atom is 0.282 e. The van der Waals surface area contributed by atoms with Crippen LogP contribution in [0.25, 0.3) is 11.1 Å². The Labute approximate surface area is 150 Å². The van der Waals surface area contributed by atoms with Crippen molar-refractivity contribution in [2.75, 3.05) is 0 Å². The second-order valence-electron chi connectivity index (χ2n) is 6.01. The highest BCUT2D eigenvalue weighted by Crippen LogP contribution is 2.27. The van der Waals surface area contributed by atoms with Gasteiger partial charge in [0.05, 0.1) is 16.7 Å². The highest BCUT2D eigenvalue weighted by molar-refractivity contribution is 9.10. The lowest BCUT2D eigenvalue weighted by Crippen LogP contribution is -2.27. The van der Waals surface area contributed by atoms with Crippen molar-refractivity contribution in [3.05, 3.63) is 86.2 Å². The second-order valence-corrected chi connectivity index (χ2v) is 6.80. The molecule has 2 aromatic carbocycles. The lowest BCUT2D eigenvalue weighted by molar-refractivity contribution is 0.530. The first-order valence-corrected chi connectivity index (χ1v) is 8.68. The summed E-state index contributed by atoms with van der Waals surface area (Å²) in [5.41, 5.74) is 5.17. The van der Waals surface area contributed by atoms with Gasteiger partial charge in [-0.15, -0.1) is 0 Å². The fourth-order valence-electron chi connectivity index (χ4n) is 2.70. The quantitative estimate of drug-likeness (QED) is 0.645. The number of nitrogens with zero attached hydrogens (tertiary/aromatic N) is 2. The molecule has 1 atom stereocenters. The fourth-order valence-corrected chi connectivity index (χ4v) is 3.22. The van der Waals surface area contributed by atoms with Crippen molar-refractivity contribution in [3.63, 3.8) is 0 Å². The molecule has 0 N–H and O–H groups in total. The summed E-state index contributed by atoms with van der Waals surface area (Å²) < 4.78 is 2.06. The zero-order valence-electron chi connectivity index (χ0n) is 14.0. The molecule has 0 saturated heterocycles. The minimum Gasteiger partial charge on any atom is -0.266 e. The number of hydrogen-bond acceptors (Lipinski definition) is 2. The number of aromatic nitrogens is 2. The van der Waals surface area contributed by atoms with E-state index < -0.39 is 0 Å². The van der Waals surface area contributed by atoms with Gasteiger partial charge >= 0.3 is 0 Å². The Bertz CT molecular complexity index is 932. The van der Waals surface area contributed by atoms with Crippen molar-refractivity contribution in [2.45, 2.75) is 26.8 Å². The van der Waals surface area contributed by atoms with Gasteiger partial charge in [-0.3, -0.25) is 4.79 Å². The highest BCUT2D eigenvalue weighted by atomic mass is 79.9. The van der Waals surface area contributed by atoms with Crippen LogP contribution in [0.15, 0.2) is 64.0 Å². The van der Waals surface area contributed by atoms with Crippen LogP contribution < -0.4 is 5.56 Å². The number of halogens is 1. The van der Waals surface area contributed by atoms with Gasteiger partial charge in [-0.2, -0.15) is 5.10 Å². The molecule has 0 bridgehead atoms. The SMILES string of the molecule is Cc1ccc(-c2cnn(C(C)c3ccccc3)c(=O)c2Br)cc1C. The predicted molar refractivity (Wildman–Crippen MR) is 101 cm³/mol. The Kier molecular flexibility index (Phi) is 4.67. The molecule has 0 aliphatic rings. The monoisotopic (exact) mass is 382 g/mol. The average Bonchev–Trinajstić information content (AvgIpc) is 2.60. The van der Waals surface area contributed by atoms with Crippen molar-refractivity contribution in [3.8, 4) is 11.1 Å². The van der Waals surface area contributed by atoms with E-state index in [-0.39, 0.29) is 11.6 Å². The van der Waals surface area contributed by atoms with Crippen LogP contribution in [-0.2, 0) is 0 Å². The van der Waals surface area contributed by atoms with E-state index in [0.717, 1.165) is 16.7 Å². The van der Waals surface area contributed by atoms with Gasteiger partial charge in [0.15, 0.2) is 0 Å². The molecule has 3 rings (SSSR count). The van der Waals surface area contributed by atoms with Crippen molar-refractivity contribution < 1.29 is 0 Å². The number of hydrogen-bond donors (Lipinski definition) is 0. The predicted octanol–water partition coefficient (Wildman–Crippen LogP) is 4.90. The maximum absolute atomic E-state index is 12.8. The highest BCUT2D eigenvalue weighted by Gasteiger charge is 2.16. The third kappa shape index (κ3) is 3.06. The zero-order valence-corrected chi connectivity index (χ0v) is 15.5. The van der Waals surface area contributed by atoms with E-state index in [2.05, 4.69) is 47.0 Å². The standard InChI is InChI=1S/C20H19BrN2O/c1-13-9-10-17(11-14(13)2)18-12-22-23(20(24)19(18)21)15(3)16-7-5-4-6-8-16/h4-12,15H,1-3H3. The largest absolute Gasteiger partial charge is 0.282 e. The molecule has 0 amide bonds. The van der Waals surface area contributed by atoms with Gasteiger partial charge < -0.3 is 0 Å². The molecule has 4 heteroatoms. The van der Waals surface area contributed by atoms with Crippen LogP contribution in [0.3, 0.4) is 0 Å². The molecule has 0 aliphatic carbocycles. The van der Waals surface area contributed by atoms with Gasteiger partial charge in [0.25, 0.3) is 5.56 Å². The number of benzene rings is 2. The molecule has 0 saturated carbocycles. The van der Waals surface area contributed by atoms with Crippen LogP contribution >= 0.6 is 15.9 Å². The number of rotatable bonds is 3. The fraction of sp³-hybridized carbons (Fsp3) is 0.200. The van der Waals surface area contributed by atoms with Crippen LogP contribution in [0.4, 0.5) is 0 Å². The van der Waals surface area contributed by atoms with Crippen LogP contribution in [0.1, 0.15) is 29.7 Å². The maximum atomic E-state index is 12.8. The summed E-state index contributed by atoms with van der Waals surface area (Å²) in [5.74, 6) is 0. The van der Waals surface area contributed by atoms with Crippen LogP contribution in [0.5, 0.6) is 0 Å². The Morgan fingerprint density at radius 1 is 1.04 bits per heavy atom. The molecular weight excluding hydrogens is 364 g/mol.